The van der Waals surface area contributed by atoms with Crippen LogP contribution in [0.2, 0.25) is 5.02 Å². The van der Waals surface area contributed by atoms with Gasteiger partial charge in [-0.1, -0.05) is 11.6 Å². The molecule has 0 aliphatic heterocycles. The lowest BCUT2D eigenvalue weighted by Gasteiger charge is -2.12. The Morgan fingerprint density at radius 3 is 2.63 bits per heavy atom. The molecule has 156 valence electrons. The molecule has 0 spiro atoms. The molecule has 0 saturated heterocycles. The lowest BCUT2D eigenvalue weighted by Crippen LogP contribution is -2.32. The highest BCUT2D eigenvalue weighted by Gasteiger charge is 2.08. The Morgan fingerprint density at radius 2 is 1.83 bits per heavy atom. The maximum Gasteiger partial charge on any atom is 0.319 e. The van der Waals surface area contributed by atoms with Gasteiger partial charge in [-0.15, -0.1) is 0 Å². The summed E-state index contributed by atoms with van der Waals surface area (Å²) in [7, 11) is 1.52. The number of ether oxygens (including phenoxy) is 1. The van der Waals surface area contributed by atoms with E-state index in [9.17, 15) is 4.79 Å². The van der Waals surface area contributed by atoms with E-state index in [1.165, 1.54) is 13.4 Å². The maximum absolute atomic E-state index is 12.1. The Labute approximate surface area is 179 Å². The second kappa shape index (κ2) is 10.3. The molecule has 0 aliphatic carbocycles. The smallest absolute Gasteiger partial charge is 0.319 e. The lowest BCUT2D eigenvalue weighted by molar-refractivity contribution is 0.252. The molecule has 10 heteroatoms. The number of anilines is 4. The molecule has 30 heavy (non-hydrogen) atoms. The van der Waals surface area contributed by atoms with Gasteiger partial charge >= 0.3 is 6.03 Å². The number of aryl methyl sites for hydroxylation is 1. The normalized spacial score (nSPS) is 10.2. The van der Waals surface area contributed by atoms with Crippen LogP contribution < -0.4 is 26.0 Å². The van der Waals surface area contributed by atoms with Crippen LogP contribution in [0.5, 0.6) is 5.75 Å². The van der Waals surface area contributed by atoms with E-state index in [0.29, 0.717) is 47.0 Å². The van der Waals surface area contributed by atoms with Crippen LogP contribution in [0.1, 0.15) is 5.56 Å². The predicted octanol–water partition coefficient (Wildman–Crippen LogP) is 3.82. The number of benzene rings is 1. The first kappa shape index (κ1) is 21.1. The molecule has 0 radical (unpaired) electrons. The molecule has 0 atom stereocenters. The zero-order valence-electron chi connectivity index (χ0n) is 16.6. The minimum atomic E-state index is -0.368. The second-order valence-electron chi connectivity index (χ2n) is 6.28. The monoisotopic (exact) mass is 427 g/mol. The Kier molecular flexibility index (Phi) is 7.23. The number of hydrogen-bond acceptors (Lipinski definition) is 7. The number of halogens is 1. The summed E-state index contributed by atoms with van der Waals surface area (Å²) in [6.07, 6.45) is 3.18. The largest absolute Gasteiger partial charge is 0.495 e. The molecule has 0 aliphatic rings. The maximum atomic E-state index is 12.1. The van der Waals surface area contributed by atoms with E-state index in [1.54, 1.807) is 30.5 Å². The predicted molar refractivity (Wildman–Crippen MR) is 118 cm³/mol. The lowest BCUT2D eigenvalue weighted by atomic mass is 10.3. The fraction of sp³-hybridized carbons (Fsp3) is 0.200. The summed E-state index contributed by atoms with van der Waals surface area (Å²) in [6.45, 7) is 2.84. The van der Waals surface area contributed by atoms with Gasteiger partial charge in [0.25, 0.3) is 0 Å². The van der Waals surface area contributed by atoms with Crippen LogP contribution in [0.4, 0.5) is 27.9 Å². The average Bonchev–Trinajstić information content (AvgIpc) is 2.72. The van der Waals surface area contributed by atoms with Crippen LogP contribution in [-0.4, -0.2) is 41.2 Å². The minimum Gasteiger partial charge on any atom is -0.495 e. The van der Waals surface area contributed by atoms with Crippen LogP contribution >= 0.6 is 11.6 Å². The summed E-state index contributed by atoms with van der Waals surface area (Å²) in [5, 5.41) is 12.2. The zero-order chi connectivity index (χ0) is 21.3. The summed E-state index contributed by atoms with van der Waals surface area (Å²) in [5.41, 5.74) is 1.59. The third-order valence-electron chi connectivity index (χ3n) is 3.97. The van der Waals surface area contributed by atoms with Gasteiger partial charge in [-0.05, 0) is 42.8 Å². The Hall–Kier alpha value is -3.59. The van der Waals surface area contributed by atoms with Gasteiger partial charge in [0.1, 0.15) is 29.5 Å². The van der Waals surface area contributed by atoms with Crippen molar-refractivity contribution in [1.82, 2.24) is 20.3 Å². The summed E-state index contributed by atoms with van der Waals surface area (Å²) in [5.74, 6) is 2.47. The molecule has 2 heterocycles. The van der Waals surface area contributed by atoms with E-state index in [4.69, 9.17) is 16.3 Å². The number of carbonyl (C=O) groups is 1. The van der Waals surface area contributed by atoms with E-state index in [2.05, 4.69) is 36.2 Å². The molecule has 0 saturated carbocycles. The minimum absolute atomic E-state index is 0.368. The van der Waals surface area contributed by atoms with Gasteiger partial charge in [-0.3, -0.25) is 0 Å². The summed E-state index contributed by atoms with van der Waals surface area (Å²) in [6, 6.07) is 10.2. The van der Waals surface area contributed by atoms with Gasteiger partial charge in [0.2, 0.25) is 0 Å². The molecular formula is C20H22ClN7O2. The summed E-state index contributed by atoms with van der Waals surface area (Å²) in [4.78, 5) is 24.7. The number of aromatic nitrogens is 3. The standard InChI is InChI=1S/C20H22ClN7O2/c1-13-5-6-22-18(9-13)28-19-11-17(25-12-26-19)23-7-8-24-20(29)27-15-10-14(21)3-4-16(15)30-2/h3-6,9-12H,7-8H2,1-2H3,(H2,24,27,29)(H2,22,23,25,26,28). The molecule has 1 aromatic carbocycles. The molecular weight excluding hydrogens is 406 g/mol. The van der Waals surface area contributed by atoms with Crippen molar-refractivity contribution in [2.24, 2.45) is 0 Å². The first-order chi connectivity index (χ1) is 14.5. The van der Waals surface area contributed by atoms with Gasteiger partial charge in [0.15, 0.2) is 0 Å². The van der Waals surface area contributed by atoms with Crippen molar-refractivity contribution in [3.63, 3.8) is 0 Å². The van der Waals surface area contributed by atoms with Crippen LogP contribution in [-0.2, 0) is 0 Å². The second-order valence-corrected chi connectivity index (χ2v) is 6.72. The van der Waals surface area contributed by atoms with E-state index in [1.807, 2.05) is 19.1 Å². The number of rotatable bonds is 8. The number of pyridine rings is 1. The molecule has 2 aromatic heterocycles. The Balaban J connectivity index is 1.46. The van der Waals surface area contributed by atoms with Crippen LogP contribution in [0.3, 0.4) is 0 Å². The third-order valence-corrected chi connectivity index (χ3v) is 4.20. The van der Waals surface area contributed by atoms with Crippen LogP contribution in [0.25, 0.3) is 0 Å². The Bertz CT molecular complexity index is 1020. The third kappa shape index (κ3) is 6.21. The van der Waals surface area contributed by atoms with Gasteiger partial charge < -0.3 is 26.0 Å². The number of methoxy groups -OCH3 is 1. The Morgan fingerprint density at radius 1 is 1.03 bits per heavy atom. The molecule has 2 amide bonds. The van der Waals surface area contributed by atoms with E-state index in [0.717, 1.165) is 5.56 Å². The molecule has 3 rings (SSSR count). The van der Waals surface area contributed by atoms with Crippen LogP contribution in [0.15, 0.2) is 48.9 Å². The number of nitrogens with zero attached hydrogens (tertiary/aromatic N) is 3. The highest BCUT2D eigenvalue weighted by Crippen LogP contribution is 2.27. The highest BCUT2D eigenvalue weighted by molar-refractivity contribution is 6.31. The van der Waals surface area contributed by atoms with Crippen molar-refractivity contribution in [1.29, 1.82) is 0 Å². The fourth-order valence-electron chi connectivity index (χ4n) is 2.57. The SMILES string of the molecule is COc1ccc(Cl)cc1NC(=O)NCCNc1cc(Nc2cc(C)ccn2)ncn1. The number of amides is 2. The summed E-state index contributed by atoms with van der Waals surface area (Å²) >= 11 is 5.97. The van der Waals surface area contributed by atoms with E-state index in [-0.39, 0.29) is 6.03 Å². The number of nitrogens with one attached hydrogen (secondary N) is 4. The topological polar surface area (TPSA) is 113 Å². The van der Waals surface area contributed by atoms with E-state index < -0.39 is 0 Å². The molecule has 0 unspecified atom stereocenters. The van der Waals surface area contributed by atoms with Gasteiger partial charge in [0, 0.05) is 30.4 Å². The van der Waals surface area contributed by atoms with Crippen LogP contribution in [0, 0.1) is 6.92 Å². The fourth-order valence-corrected chi connectivity index (χ4v) is 2.74. The quantitative estimate of drug-likeness (QED) is 0.404. The van der Waals surface area contributed by atoms with Crippen molar-refractivity contribution in [3.05, 3.63) is 59.5 Å². The zero-order valence-corrected chi connectivity index (χ0v) is 17.3. The molecule has 0 bridgehead atoms. The molecule has 0 fully saturated rings. The molecule has 3 aromatic rings. The van der Waals surface area contributed by atoms with Gasteiger partial charge in [-0.25, -0.2) is 19.7 Å². The van der Waals surface area contributed by atoms with Crippen molar-refractivity contribution in [2.75, 3.05) is 36.1 Å². The number of urea groups is 1. The van der Waals surface area contributed by atoms with Crippen molar-refractivity contribution in [2.45, 2.75) is 6.92 Å². The summed E-state index contributed by atoms with van der Waals surface area (Å²) < 4.78 is 5.21. The van der Waals surface area contributed by atoms with Gasteiger partial charge in [-0.2, -0.15) is 0 Å². The van der Waals surface area contributed by atoms with Crippen molar-refractivity contribution < 1.29 is 9.53 Å². The van der Waals surface area contributed by atoms with Gasteiger partial charge in [0.05, 0.1) is 12.8 Å². The molecule has 9 nitrogen and oxygen atoms in total. The number of hydrogen-bond donors (Lipinski definition) is 4. The van der Waals surface area contributed by atoms with Crippen molar-refractivity contribution in [3.8, 4) is 5.75 Å². The molecule has 4 N–H and O–H groups in total. The average molecular weight is 428 g/mol. The highest BCUT2D eigenvalue weighted by atomic mass is 35.5. The first-order valence-electron chi connectivity index (χ1n) is 9.17. The number of carbonyl (C=O) groups excluding carboxylic acids is 1. The van der Waals surface area contributed by atoms with Crippen molar-refractivity contribution >= 4 is 40.8 Å². The first-order valence-corrected chi connectivity index (χ1v) is 9.55. The van der Waals surface area contributed by atoms with E-state index >= 15 is 0 Å².